The maximum absolute atomic E-state index is 12.9. The standard InChI is InChI=1S/C27H38ClN5O2/c1-4-5-6-7-8-9-10-11-12-13-14-18-30-27(34)24-23(20(2)26(28)33-32-24)31-22-17-15-16-21(19-29)25(22)35-3/h15-17H,4-14,18H2,1-3H3,(H,30,34)(H,31,33). The van der Waals surface area contributed by atoms with Crippen molar-refractivity contribution >= 4 is 28.9 Å². The highest BCUT2D eigenvalue weighted by Crippen LogP contribution is 2.34. The van der Waals surface area contributed by atoms with Crippen LogP contribution in [0.5, 0.6) is 5.75 Å². The van der Waals surface area contributed by atoms with Crippen LogP contribution in [0.1, 0.15) is 99.2 Å². The number of hydrogen-bond donors (Lipinski definition) is 2. The van der Waals surface area contributed by atoms with E-state index in [0.29, 0.717) is 34.8 Å². The Kier molecular flexibility index (Phi) is 12.9. The van der Waals surface area contributed by atoms with E-state index in [1.165, 1.54) is 64.9 Å². The molecule has 0 saturated carbocycles. The Balaban J connectivity index is 1.87. The third kappa shape index (κ3) is 9.03. The molecule has 7 nitrogen and oxygen atoms in total. The third-order valence-corrected chi connectivity index (χ3v) is 6.40. The van der Waals surface area contributed by atoms with Gasteiger partial charge >= 0.3 is 0 Å². The summed E-state index contributed by atoms with van der Waals surface area (Å²) in [4.78, 5) is 12.9. The van der Waals surface area contributed by atoms with Crippen LogP contribution in [0.25, 0.3) is 0 Å². The van der Waals surface area contributed by atoms with Crippen molar-refractivity contribution in [2.45, 2.75) is 84.5 Å². The van der Waals surface area contributed by atoms with E-state index in [0.717, 1.165) is 12.8 Å². The van der Waals surface area contributed by atoms with Crippen LogP contribution < -0.4 is 15.4 Å². The Morgan fingerprint density at radius 1 is 1.03 bits per heavy atom. The lowest BCUT2D eigenvalue weighted by atomic mass is 10.1. The lowest BCUT2D eigenvalue weighted by Crippen LogP contribution is -2.27. The summed E-state index contributed by atoms with van der Waals surface area (Å²) in [6.45, 7) is 4.59. The largest absolute Gasteiger partial charge is 0.493 e. The van der Waals surface area contributed by atoms with E-state index in [4.69, 9.17) is 16.3 Å². The number of amides is 1. The predicted molar refractivity (Wildman–Crippen MR) is 142 cm³/mol. The molecule has 8 heteroatoms. The summed E-state index contributed by atoms with van der Waals surface area (Å²) in [6.07, 6.45) is 13.8. The summed E-state index contributed by atoms with van der Waals surface area (Å²) in [5.41, 5.74) is 2.10. The van der Waals surface area contributed by atoms with Gasteiger partial charge in [-0.05, 0) is 25.5 Å². The number of unbranched alkanes of at least 4 members (excludes halogenated alkanes) is 10. The second kappa shape index (κ2) is 15.9. The van der Waals surface area contributed by atoms with Crippen LogP contribution in [0.2, 0.25) is 5.15 Å². The van der Waals surface area contributed by atoms with Gasteiger partial charge in [0.25, 0.3) is 5.91 Å². The molecule has 190 valence electrons. The number of methoxy groups -OCH3 is 1. The zero-order valence-corrected chi connectivity index (χ0v) is 22.0. The second-order valence-electron chi connectivity index (χ2n) is 8.75. The SMILES string of the molecule is CCCCCCCCCCCCCNC(=O)c1nnc(Cl)c(C)c1Nc1cccc(C#N)c1OC. The molecule has 1 amide bonds. The predicted octanol–water partition coefficient (Wildman–Crippen LogP) is 7.10. The number of aromatic nitrogens is 2. The fraction of sp³-hybridized carbons (Fsp3) is 0.556. The minimum absolute atomic E-state index is 0.152. The number of ether oxygens (including phenoxy) is 1. The van der Waals surface area contributed by atoms with Crippen LogP contribution >= 0.6 is 11.6 Å². The summed E-state index contributed by atoms with van der Waals surface area (Å²) in [7, 11) is 1.49. The summed E-state index contributed by atoms with van der Waals surface area (Å²) in [5.74, 6) is 0.0666. The normalized spacial score (nSPS) is 10.6. The quantitative estimate of drug-likeness (QED) is 0.239. The number of benzene rings is 1. The zero-order chi connectivity index (χ0) is 25.5. The minimum atomic E-state index is -0.317. The molecule has 2 rings (SSSR count). The molecule has 0 atom stereocenters. The molecule has 0 aliphatic heterocycles. The van der Waals surface area contributed by atoms with Gasteiger partial charge in [-0.1, -0.05) is 88.8 Å². The topological polar surface area (TPSA) is 99.9 Å². The zero-order valence-electron chi connectivity index (χ0n) is 21.3. The first kappa shape index (κ1) is 28.4. The van der Waals surface area contributed by atoms with E-state index in [1.807, 2.05) is 0 Å². The summed E-state index contributed by atoms with van der Waals surface area (Å²) < 4.78 is 5.40. The average Bonchev–Trinajstić information content (AvgIpc) is 2.87. The number of halogens is 1. The van der Waals surface area contributed by atoms with Crippen molar-refractivity contribution in [1.29, 1.82) is 5.26 Å². The van der Waals surface area contributed by atoms with Crippen LogP contribution in [0, 0.1) is 18.3 Å². The average molecular weight is 500 g/mol. The number of carbonyl (C=O) groups excluding carboxylic acids is 1. The van der Waals surface area contributed by atoms with Gasteiger partial charge in [-0.25, -0.2) is 0 Å². The van der Waals surface area contributed by atoms with Gasteiger partial charge in [0.15, 0.2) is 16.6 Å². The molecule has 0 spiro atoms. The van der Waals surface area contributed by atoms with Gasteiger partial charge in [-0.2, -0.15) is 5.26 Å². The van der Waals surface area contributed by atoms with Crippen LogP contribution in [0.4, 0.5) is 11.4 Å². The second-order valence-corrected chi connectivity index (χ2v) is 9.11. The Bertz CT molecular complexity index is 990. The molecule has 2 N–H and O–H groups in total. The number of anilines is 2. The number of para-hydroxylation sites is 1. The van der Waals surface area contributed by atoms with Crippen molar-refractivity contribution in [3.05, 3.63) is 40.2 Å². The van der Waals surface area contributed by atoms with Crippen molar-refractivity contribution in [3.63, 3.8) is 0 Å². The van der Waals surface area contributed by atoms with Gasteiger partial charge in [0.05, 0.1) is 24.0 Å². The molecule has 0 radical (unpaired) electrons. The van der Waals surface area contributed by atoms with E-state index in [9.17, 15) is 10.1 Å². The first-order valence-electron chi connectivity index (χ1n) is 12.7. The summed E-state index contributed by atoms with van der Waals surface area (Å²) in [5, 5.41) is 23.6. The highest BCUT2D eigenvalue weighted by molar-refractivity contribution is 6.30. The molecule has 2 aromatic rings. The van der Waals surface area contributed by atoms with Gasteiger partial charge < -0.3 is 15.4 Å². The number of rotatable bonds is 16. The molecule has 0 fully saturated rings. The van der Waals surface area contributed by atoms with Crippen molar-refractivity contribution in [2.75, 3.05) is 19.0 Å². The lowest BCUT2D eigenvalue weighted by molar-refractivity contribution is 0.0947. The van der Waals surface area contributed by atoms with Gasteiger partial charge in [-0.15, -0.1) is 10.2 Å². The highest BCUT2D eigenvalue weighted by Gasteiger charge is 2.20. The Morgan fingerprint density at radius 3 is 2.26 bits per heavy atom. The first-order chi connectivity index (χ1) is 17.0. The highest BCUT2D eigenvalue weighted by atomic mass is 35.5. The van der Waals surface area contributed by atoms with Crippen LogP contribution in [0.3, 0.4) is 0 Å². The molecule has 0 unspecified atom stereocenters. The van der Waals surface area contributed by atoms with Gasteiger partial charge in [-0.3, -0.25) is 4.79 Å². The van der Waals surface area contributed by atoms with Crippen LogP contribution in [-0.4, -0.2) is 29.8 Å². The monoisotopic (exact) mass is 499 g/mol. The van der Waals surface area contributed by atoms with E-state index in [1.54, 1.807) is 25.1 Å². The van der Waals surface area contributed by atoms with Crippen molar-refractivity contribution in [1.82, 2.24) is 15.5 Å². The number of carbonyl (C=O) groups is 1. The molecule has 1 heterocycles. The number of nitriles is 1. The van der Waals surface area contributed by atoms with Crippen molar-refractivity contribution in [2.24, 2.45) is 0 Å². The summed E-state index contributed by atoms with van der Waals surface area (Å²) in [6, 6.07) is 7.27. The molecule has 1 aromatic carbocycles. The maximum atomic E-state index is 12.9. The van der Waals surface area contributed by atoms with E-state index < -0.39 is 0 Å². The van der Waals surface area contributed by atoms with E-state index in [-0.39, 0.29) is 16.8 Å². The molecular weight excluding hydrogens is 462 g/mol. The third-order valence-electron chi connectivity index (χ3n) is 6.04. The smallest absolute Gasteiger partial charge is 0.273 e. The van der Waals surface area contributed by atoms with Crippen LogP contribution in [0.15, 0.2) is 18.2 Å². The van der Waals surface area contributed by atoms with Crippen molar-refractivity contribution in [3.8, 4) is 11.8 Å². The fourth-order valence-electron chi connectivity index (χ4n) is 3.96. The first-order valence-corrected chi connectivity index (χ1v) is 13.1. The molecule has 1 aromatic heterocycles. The molecular formula is C27H38ClN5O2. The maximum Gasteiger partial charge on any atom is 0.273 e. The lowest BCUT2D eigenvalue weighted by Gasteiger charge is -2.16. The van der Waals surface area contributed by atoms with E-state index in [2.05, 4.69) is 33.8 Å². The fourth-order valence-corrected chi connectivity index (χ4v) is 4.10. The van der Waals surface area contributed by atoms with Gasteiger partial charge in [0, 0.05) is 12.1 Å². The molecule has 0 aliphatic carbocycles. The summed E-state index contributed by atoms with van der Waals surface area (Å²) >= 11 is 6.19. The Hall–Kier alpha value is -2.85. The van der Waals surface area contributed by atoms with Crippen LogP contribution in [-0.2, 0) is 0 Å². The van der Waals surface area contributed by atoms with Crippen molar-refractivity contribution < 1.29 is 9.53 Å². The Morgan fingerprint density at radius 2 is 1.66 bits per heavy atom. The molecule has 0 bridgehead atoms. The number of hydrogen-bond acceptors (Lipinski definition) is 6. The molecule has 0 saturated heterocycles. The molecule has 35 heavy (non-hydrogen) atoms. The number of nitrogens with zero attached hydrogens (tertiary/aromatic N) is 3. The Labute approximate surface area is 214 Å². The van der Waals surface area contributed by atoms with Gasteiger partial charge in [0.1, 0.15) is 6.07 Å². The number of nitrogens with one attached hydrogen (secondary N) is 2. The van der Waals surface area contributed by atoms with E-state index >= 15 is 0 Å². The van der Waals surface area contributed by atoms with Gasteiger partial charge in [0.2, 0.25) is 0 Å². The minimum Gasteiger partial charge on any atom is -0.493 e. The molecule has 0 aliphatic rings.